The molecule has 1 amide bonds. The first-order valence-corrected chi connectivity index (χ1v) is 7.57. The zero-order chi connectivity index (χ0) is 15.9. The average Bonchev–Trinajstić information content (AvgIpc) is 2.45. The van der Waals surface area contributed by atoms with Crippen molar-refractivity contribution in [3.63, 3.8) is 0 Å². The van der Waals surface area contributed by atoms with Gasteiger partial charge >= 0.3 is 5.97 Å². The maximum Gasteiger partial charge on any atom is 0.331 e. The molecule has 0 fully saturated rings. The minimum absolute atomic E-state index is 0.0828. The summed E-state index contributed by atoms with van der Waals surface area (Å²) in [7, 11) is 1.41. The van der Waals surface area contributed by atoms with Gasteiger partial charge in [-0.25, -0.2) is 4.79 Å². The lowest BCUT2D eigenvalue weighted by atomic mass is 10.0. The van der Waals surface area contributed by atoms with Crippen LogP contribution in [-0.4, -0.2) is 41.5 Å². The molecule has 0 spiro atoms. The molecule has 5 nitrogen and oxygen atoms in total. The van der Waals surface area contributed by atoms with Crippen LogP contribution in [0.1, 0.15) is 20.3 Å². The van der Waals surface area contributed by atoms with E-state index in [-0.39, 0.29) is 17.8 Å². The summed E-state index contributed by atoms with van der Waals surface area (Å²) in [6.45, 7) is 3.26. The number of carboxylic acids is 1. The van der Waals surface area contributed by atoms with E-state index in [4.69, 9.17) is 4.74 Å². The Kier molecular flexibility index (Phi) is 6.71. The molecule has 0 bridgehead atoms. The summed E-state index contributed by atoms with van der Waals surface area (Å²) >= 11 is 1.42. The Bertz CT molecular complexity index is 480. The van der Waals surface area contributed by atoms with E-state index in [0.717, 1.165) is 4.90 Å². The zero-order valence-electron chi connectivity index (χ0n) is 12.5. The Morgan fingerprint density at radius 3 is 2.48 bits per heavy atom. The van der Waals surface area contributed by atoms with Crippen molar-refractivity contribution in [1.29, 1.82) is 0 Å². The van der Waals surface area contributed by atoms with Crippen molar-refractivity contribution < 1.29 is 19.4 Å². The fourth-order valence-corrected chi connectivity index (χ4v) is 2.75. The Morgan fingerprint density at radius 1 is 1.38 bits per heavy atom. The van der Waals surface area contributed by atoms with Crippen LogP contribution < -0.4 is 5.32 Å². The number of nitrogens with one attached hydrogen (secondary N) is 1. The van der Waals surface area contributed by atoms with Crippen molar-refractivity contribution in [2.24, 2.45) is 0 Å². The van der Waals surface area contributed by atoms with E-state index in [1.807, 2.05) is 37.3 Å². The molecule has 0 aliphatic rings. The van der Waals surface area contributed by atoms with Crippen molar-refractivity contribution in [2.45, 2.75) is 36.0 Å². The third kappa shape index (κ3) is 5.06. The standard InChI is InChI=1S/C15H21NO4S/c1-4-12(21-11-8-6-5-7-9-11)13(17)16-15(2,10-20-3)14(18)19/h5-9,12H,4,10H2,1-3H3,(H,16,17)(H,18,19). The zero-order valence-corrected chi connectivity index (χ0v) is 13.3. The quantitative estimate of drug-likeness (QED) is 0.720. The molecule has 0 saturated carbocycles. The molecule has 0 heterocycles. The van der Waals surface area contributed by atoms with E-state index in [1.54, 1.807) is 0 Å². The number of ether oxygens (including phenoxy) is 1. The van der Waals surface area contributed by atoms with Crippen LogP contribution in [0.3, 0.4) is 0 Å². The number of hydrogen-bond donors (Lipinski definition) is 2. The second-order valence-electron chi connectivity index (χ2n) is 4.89. The molecule has 2 N–H and O–H groups in total. The second kappa shape index (κ2) is 8.05. The highest BCUT2D eigenvalue weighted by Gasteiger charge is 2.36. The van der Waals surface area contributed by atoms with Gasteiger partial charge in [0.15, 0.2) is 5.54 Å². The number of amides is 1. The largest absolute Gasteiger partial charge is 0.479 e. The van der Waals surface area contributed by atoms with Crippen LogP contribution >= 0.6 is 11.8 Å². The van der Waals surface area contributed by atoms with Gasteiger partial charge in [0.2, 0.25) is 5.91 Å². The van der Waals surface area contributed by atoms with Gasteiger partial charge in [-0.3, -0.25) is 4.79 Å². The molecule has 1 aromatic rings. The van der Waals surface area contributed by atoms with Crippen molar-refractivity contribution in [3.05, 3.63) is 30.3 Å². The van der Waals surface area contributed by atoms with Gasteiger partial charge in [0, 0.05) is 12.0 Å². The lowest BCUT2D eigenvalue weighted by Gasteiger charge is -2.27. The molecule has 21 heavy (non-hydrogen) atoms. The molecule has 0 aliphatic carbocycles. The van der Waals surface area contributed by atoms with E-state index in [9.17, 15) is 14.7 Å². The highest BCUT2D eigenvalue weighted by molar-refractivity contribution is 8.00. The van der Waals surface area contributed by atoms with E-state index in [1.165, 1.54) is 25.8 Å². The number of carbonyl (C=O) groups excluding carboxylic acids is 1. The first-order chi connectivity index (χ1) is 9.92. The van der Waals surface area contributed by atoms with Crippen LogP contribution in [0.5, 0.6) is 0 Å². The summed E-state index contributed by atoms with van der Waals surface area (Å²) in [6.07, 6.45) is 0.605. The van der Waals surface area contributed by atoms with Crippen LogP contribution in [0.4, 0.5) is 0 Å². The van der Waals surface area contributed by atoms with Crippen LogP contribution in [0.15, 0.2) is 35.2 Å². The van der Waals surface area contributed by atoms with E-state index in [2.05, 4.69) is 5.32 Å². The fourth-order valence-electron chi connectivity index (χ4n) is 1.78. The van der Waals surface area contributed by atoms with Gasteiger partial charge in [-0.15, -0.1) is 11.8 Å². The number of rotatable bonds is 8. The predicted molar refractivity (Wildman–Crippen MR) is 82.4 cm³/mol. The van der Waals surface area contributed by atoms with E-state index < -0.39 is 11.5 Å². The lowest BCUT2D eigenvalue weighted by molar-refractivity contribution is -0.149. The summed E-state index contributed by atoms with van der Waals surface area (Å²) < 4.78 is 4.90. The molecular formula is C15H21NO4S. The number of aliphatic carboxylic acids is 1. The first-order valence-electron chi connectivity index (χ1n) is 6.69. The van der Waals surface area contributed by atoms with Gasteiger partial charge in [-0.1, -0.05) is 25.1 Å². The molecule has 6 heteroatoms. The Hall–Kier alpha value is -1.53. The van der Waals surface area contributed by atoms with Crippen LogP contribution in [0.25, 0.3) is 0 Å². The monoisotopic (exact) mass is 311 g/mol. The Morgan fingerprint density at radius 2 is 2.00 bits per heavy atom. The van der Waals surface area contributed by atoms with Crippen LogP contribution in [-0.2, 0) is 14.3 Å². The minimum Gasteiger partial charge on any atom is -0.479 e. The molecule has 116 valence electrons. The van der Waals surface area contributed by atoms with Crippen LogP contribution in [0, 0.1) is 0 Å². The second-order valence-corrected chi connectivity index (χ2v) is 6.16. The number of methoxy groups -OCH3 is 1. The fraction of sp³-hybridized carbons (Fsp3) is 0.467. The third-order valence-electron chi connectivity index (χ3n) is 2.99. The summed E-state index contributed by atoms with van der Waals surface area (Å²) in [5.74, 6) is -1.41. The Balaban J connectivity index is 2.76. The topological polar surface area (TPSA) is 75.6 Å². The normalized spacial score (nSPS) is 15.0. The first kappa shape index (κ1) is 17.5. The molecule has 1 aromatic carbocycles. The average molecular weight is 311 g/mol. The van der Waals surface area contributed by atoms with Gasteiger partial charge in [-0.2, -0.15) is 0 Å². The van der Waals surface area contributed by atoms with Gasteiger partial charge in [0.1, 0.15) is 0 Å². The molecule has 0 saturated heterocycles. The molecule has 0 aromatic heterocycles. The predicted octanol–water partition coefficient (Wildman–Crippen LogP) is 2.16. The van der Waals surface area contributed by atoms with Crippen LogP contribution in [0.2, 0.25) is 0 Å². The summed E-state index contributed by atoms with van der Waals surface area (Å²) in [6, 6.07) is 9.56. The summed E-state index contributed by atoms with van der Waals surface area (Å²) in [5.41, 5.74) is -1.42. The van der Waals surface area contributed by atoms with Gasteiger partial charge in [0.25, 0.3) is 0 Å². The van der Waals surface area contributed by atoms with E-state index >= 15 is 0 Å². The maximum atomic E-state index is 12.3. The molecular weight excluding hydrogens is 290 g/mol. The number of hydrogen-bond acceptors (Lipinski definition) is 4. The Labute approximate surface area is 129 Å². The highest BCUT2D eigenvalue weighted by Crippen LogP contribution is 2.25. The van der Waals surface area contributed by atoms with Gasteiger partial charge in [-0.05, 0) is 25.5 Å². The molecule has 0 aliphatic heterocycles. The smallest absolute Gasteiger partial charge is 0.331 e. The molecule has 2 atom stereocenters. The third-order valence-corrected chi connectivity index (χ3v) is 4.37. The van der Waals surface area contributed by atoms with Crippen molar-refractivity contribution in [3.8, 4) is 0 Å². The number of carbonyl (C=O) groups is 2. The maximum absolute atomic E-state index is 12.3. The SMILES string of the molecule is CCC(Sc1ccccc1)C(=O)NC(C)(COC)C(=O)O. The molecule has 2 unspecified atom stereocenters. The van der Waals surface area contributed by atoms with E-state index in [0.29, 0.717) is 6.42 Å². The number of carboxylic acid groups (broad SMARTS) is 1. The summed E-state index contributed by atoms with van der Waals surface area (Å²) in [4.78, 5) is 24.6. The number of benzene rings is 1. The number of thioether (sulfide) groups is 1. The highest BCUT2D eigenvalue weighted by atomic mass is 32.2. The van der Waals surface area contributed by atoms with Crippen molar-refractivity contribution in [1.82, 2.24) is 5.32 Å². The van der Waals surface area contributed by atoms with Gasteiger partial charge < -0.3 is 15.2 Å². The summed E-state index contributed by atoms with van der Waals surface area (Å²) in [5, 5.41) is 11.5. The molecule has 0 radical (unpaired) electrons. The van der Waals surface area contributed by atoms with Gasteiger partial charge in [0.05, 0.1) is 11.9 Å². The van der Waals surface area contributed by atoms with Crippen molar-refractivity contribution >= 4 is 23.6 Å². The lowest BCUT2D eigenvalue weighted by Crippen LogP contribution is -2.57. The minimum atomic E-state index is -1.42. The molecule has 1 rings (SSSR count). The van der Waals surface area contributed by atoms with Crippen molar-refractivity contribution in [2.75, 3.05) is 13.7 Å².